The number of sulfonamides is 1. The normalized spacial score (nSPS) is 17.3. The molecule has 0 bridgehead atoms. The van der Waals surface area contributed by atoms with Crippen molar-refractivity contribution < 1.29 is 22.7 Å². The van der Waals surface area contributed by atoms with E-state index in [0.29, 0.717) is 24.4 Å². The van der Waals surface area contributed by atoms with Gasteiger partial charge in [-0.05, 0) is 31.4 Å². The molecule has 7 nitrogen and oxygen atoms in total. The third-order valence-corrected chi connectivity index (χ3v) is 5.25. The number of carbonyl (C=O) groups excluding carboxylic acids is 1. The number of amides is 1. The largest absolute Gasteiger partial charge is 0.497 e. The monoisotopic (exact) mass is 370 g/mol. The Bertz CT molecular complexity index is 671. The number of hydrogen-bond acceptors (Lipinski definition) is 5. The molecule has 1 saturated heterocycles. The lowest BCUT2D eigenvalue weighted by Gasteiger charge is -2.22. The first-order valence-electron chi connectivity index (χ1n) is 8.40. The van der Waals surface area contributed by atoms with Crippen LogP contribution in [0.2, 0.25) is 0 Å². The second-order valence-corrected chi connectivity index (χ2v) is 7.99. The number of nitrogens with one attached hydrogen (secondary N) is 1. The Hall–Kier alpha value is -1.80. The van der Waals surface area contributed by atoms with Crippen LogP contribution in [-0.2, 0) is 19.6 Å². The fourth-order valence-electron chi connectivity index (χ4n) is 2.76. The number of carbonyl (C=O) groups is 1. The second kappa shape index (κ2) is 9.05. The predicted octanol–water partition coefficient (Wildman–Crippen LogP) is 1.54. The quantitative estimate of drug-likeness (QED) is 0.713. The van der Waals surface area contributed by atoms with Gasteiger partial charge in [-0.25, -0.2) is 8.42 Å². The van der Waals surface area contributed by atoms with Gasteiger partial charge in [-0.1, -0.05) is 6.07 Å². The van der Waals surface area contributed by atoms with E-state index in [1.54, 1.807) is 24.3 Å². The van der Waals surface area contributed by atoms with Crippen LogP contribution in [0, 0.1) is 0 Å². The maximum atomic E-state index is 12.1. The van der Waals surface area contributed by atoms with Crippen molar-refractivity contribution in [3.05, 3.63) is 24.3 Å². The Morgan fingerprint density at radius 1 is 1.44 bits per heavy atom. The molecule has 1 amide bonds. The average Bonchev–Trinajstić information content (AvgIpc) is 3.09. The van der Waals surface area contributed by atoms with Gasteiger partial charge in [-0.3, -0.25) is 9.10 Å². The Kier molecular flexibility index (Phi) is 7.07. The predicted molar refractivity (Wildman–Crippen MR) is 96.4 cm³/mol. The molecule has 0 unspecified atom stereocenters. The summed E-state index contributed by atoms with van der Waals surface area (Å²) >= 11 is 0. The van der Waals surface area contributed by atoms with Crippen molar-refractivity contribution in [3.63, 3.8) is 0 Å². The highest BCUT2D eigenvalue weighted by molar-refractivity contribution is 7.92. The number of rotatable bonds is 9. The average molecular weight is 370 g/mol. The number of methoxy groups -OCH3 is 1. The highest BCUT2D eigenvalue weighted by atomic mass is 32.2. The van der Waals surface area contributed by atoms with Gasteiger partial charge < -0.3 is 14.8 Å². The molecule has 0 aromatic heterocycles. The van der Waals surface area contributed by atoms with E-state index in [1.165, 1.54) is 11.4 Å². The number of anilines is 1. The van der Waals surface area contributed by atoms with Crippen LogP contribution in [0.5, 0.6) is 5.75 Å². The Labute approximate surface area is 149 Å². The smallest absolute Gasteiger partial charge is 0.232 e. The first kappa shape index (κ1) is 19.5. The molecule has 0 spiro atoms. The molecule has 1 heterocycles. The van der Waals surface area contributed by atoms with E-state index in [-0.39, 0.29) is 25.0 Å². The zero-order chi connectivity index (χ0) is 18.3. The van der Waals surface area contributed by atoms with Gasteiger partial charge in [-0.15, -0.1) is 0 Å². The minimum Gasteiger partial charge on any atom is -0.497 e. The summed E-state index contributed by atoms with van der Waals surface area (Å²) in [4.78, 5) is 11.9. The molecule has 1 aromatic rings. The van der Waals surface area contributed by atoms with E-state index >= 15 is 0 Å². The molecule has 1 fully saturated rings. The summed E-state index contributed by atoms with van der Waals surface area (Å²) in [6.07, 6.45) is 3.96. The molecular weight excluding hydrogens is 344 g/mol. The molecule has 0 saturated carbocycles. The standard InChI is InChI=1S/C17H26N2O5S/c1-23-15-7-3-6-14(12-15)19(25(2,21)22)10-4-9-17(20)18-13-16-8-5-11-24-16/h3,6-7,12,16H,4-5,8-11,13H2,1-2H3,(H,18,20)/t16-/m1/s1. The summed E-state index contributed by atoms with van der Waals surface area (Å²) in [5, 5.41) is 2.84. The van der Waals surface area contributed by atoms with Gasteiger partial charge >= 0.3 is 0 Å². The van der Waals surface area contributed by atoms with Crippen molar-refractivity contribution in [3.8, 4) is 5.75 Å². The molecule has 1 N–H and O–H groups in total. The molecule has 8 heteroatoms. The van der Waals surface area contributed by atoms with E-state index in [1.807, 2.05) is 0 Å². The van der Waals surface area contributed by atoms with Crippen LogP contribution < -0.4 is 14.4 Å². The van der Waals surface area contributed by atoms with Crippen molar-refractivity contribution in [2.24, 2.45) is 0 Å². The van der Waals surface area contributed by atoms with Crippen LogP contribution in [0.25, 0.3) is 0 Å². The second-order valence-electron chi connectivity index (χ2n) is 6.08. The molecule has 1 atom stereocenters. The molecule has 1 aliphatic heterocycles. The van der Waals surface area contributed by atoms with Gasteiger partial charge in [0.2, 0.25) is 15.9 Å². The van der Waals surface area contributed by atoms with E-state index < -0.39 is 10.0 Å². The summed E-state index contributed by atoms with van der Waals surface area (Å²) in [5.74, 6) is 0.495. The van der Waals surface area contributed by atoms with Crippen molar-refractivity contribution in [1.29, 1.82) is 0 Å². The Balaban J connectivity index is 1.86. The first-order valence-corrected chi connectivity index (χ1v) is 10.2. The van der Waals surface area contributed by atoms with Crippen LogP contribution in [0.15, 0.2) is 24.3 Å². The lowest BCUT2D eigenvalue weighted by Crippen LogP contribution is -2.34. The molecule has 0 radical (unpaired) electrons. The molecular formula is C17H26N2O5S. The van der Waals surface area contributed by atoms with Crippen molar-refractivity contribution in [2.45, 2.75) is 31.8 Å². The zero-order valence-corrected chi connectivity index (χ0v) is 15.5. The molecule has 25 heavy (non-hydrogen) atoms. The number of hydrogen-bond donors (Lipinski definition) is 1. The SMILES string of the molecule is COc1cccc(N(CCCC(=O)NC[C@H]2CCCO2)S(C)(=O)=O)c1. The summed E-state index contributed by atoms with van der Waals surface area (Å²) in [6.45, 7) is 1.51. The lowest BCUT2D eigenvalue weighted by molar-refractivity contribution is -0.121. The van der Waals surface area contributed by atoms with Gasteiger partial charge in [0.1, 0.15) is 5.75 Å². The highest BCUT2D eigenvalue weighted by Gasteiger charge is 2.19. The summed E-state index contributed by atoms with van der Waals surface area (Å²) in [5.41, 5.74) is 0.529. The Morgan fingerprint density at radius 3 is 2.88 bits per heavy atom. The fourth-order valence-corrected chi connectivity index (χ4v) is 3.71. The summed E-state index contributed by atoms with van der Waals surface area (Å²) < 4.78 is 36.0. The van der Waals surface area contributed by atoms with Crippen LogP contribution in [0.3, 0.4) is 0 Å². The maximum Gasteiger partial charge on any atom is 0.232 e. The topological polar surface area (TPSA) is 84.9 Å². The van der Waals surface area contributed by atoms with Crippen molar-refractivity contribution >= 4 is 21.6 Å². The maximum absolute atomic E-state index is 12.1. The zero-order valence-electron chi connectivity index (χ0n) is 14.7. The molecule has 1 aliphatic rings. The summed E-state index contributed by atoms with van der Waals surface area (Å²) in [7, 11) is -1.91. The lowest BCUT2D eigenvalue weighted by atomic mass is 10.2. The van der Waals surface area contributed by atoms with Gasteiger partial charge in [-0.2, -0.15) is 0 Å². The van der Waals surface area contributed by atoms with Gasteiger partial charge in [0.15, 0.2) is 0 Å². The molecule has 140 valence electrons. The van der Waals surface area contributed by atoms with Crippen LogP contribution in [0.4, 0.5) is 5.69 Å². The number of benzene rings is 1. The van der Waals surface area contributed by atoms with Gasteiger partial charge in [0.05, 0.1) is 25.2 Å². The first-order chi connectivity index (χ1) is 11.9. The van der Waals surface area contributed by atoms with Gasteiger partial charge in [0.25, 0.3) is 0 Å². The van der Waals surface area contributed by atoms with Crippen molar-refractivity contribution in [1.82, 2.24) is 5.32 Å². The number of nitrogens with zero attached hydrogens (tertiary/aromatic N) is 1. The Morgan fingerprint density at radius 2 is 2.24 bits per heavy atom. The number of ether oxygens (including phenoxy) is 2. The van der Waals surface area contributed by atoms with E-state index in [9.17, 15) is 13.2 Å². The van der Waals surface area contributed by atoms with Crippen LogP contribution in [-0.4, -0.2) is 53.5 Å². The highest BCUT2D eigenvalue weighted by Crippen LogP contribution is 2.23. The third-order valence-electron chi connectivity index (χ3n) is 4.06. The van der Waals surface area contributed by atoms with E-state index in [2.05, 4.69) is 5.32 Å². The molecule has 1 aromatic carbocycles. The minimum atomic E-state index is -3.44. The van der Waals surface area contributed by atoms with Crippen LogP contribution in [0.1, 0.15) is 25.7 Å². The minimum absolute atomic E-state index is 0.0883. The fraction of sp³-hybridized carbons (Fsp3) is 0.588. The van der Waals surface area contributed by atoms with E-state index in [4.69, 9.17) is 9.47 Å². The molecule has 2 rings (SSSR count). The van der Waals surface area contributed by atoms with E-state index in [0.717, 1.165) is 25.7 Å². The van der Waals surface area contributed by atoms with Crippen LogP contribution >= 0.6 is 0 Å². The summed E-state index contributed by atoms with van der Waals surface area (Å²) in [6, 6.07) is 6.86. The van der Waals surface area contributed by atoms with Crippen molar-refractivity contribution in [2.75, 3.05) is 37.4 Å². The van der Waals surface area contributed by atoms with Gasteiger partial charge in [0, 0.05) is 32.2 Å². The third kappa shape index (κ3) is 6.21. The molecule has 0 aliphatic carbocycles.